The Balaban J connectivity index is 1.32. The molecule has 4 N–H and O–H groups in total. The van der Waals surface area contributed by atoms with Gasteiger partial charge in [-0.25, -0.2) is 0 Å². The number of ether oxygens (including phenoxy) is 4. The van der Waals surface area contributed by atoms with E-state index in [4.69, 9.17) is 30.1 Å². The normalized spacial score (nSPS) is 18.9. The standard InChI is InChI=1S/C30H34N2O6/c1-2-4-23-15-22(20-7-9-21(10-8-20)30(31)32)11-12-28(23)36-14-13-35-25-5-3-6-26(18-25)37-29-17-24(34)16-27(19-33)38-29/h3,5-12,15,18-19,24,27,29,34H,2,4,13-14,16-17H2,1H3,(H3,31,32). The molecule has 3 aromatic carbocycles. The lowest BCUT2D eigenvalue weighted by atomic mass is 9.99. The van der Waals surface area contributed by atoms with Gasteiger partial charge in [0.15, 0.2) is 0 Å². The fraction of sp³-hybridized carbons (Fsp3) is 0.333. The van der Waals surface area contributed by atoms with Crippen LogP contribution >= 0.6 is 0 Å². The molecule has 8 heteroatoms. The first-order valence-electron chi connectivity index (χ1n) is 12.8. The number of aliphatic hydroxyl groups excluding tert-OH is 1. The molecule has 3 aromatic rings. The van der Waals surface area contributed by atoms with Gasteiger partial charge in [0, 0.05) is 24.5 Å². The summed E-state index contributed by atoms with van der Waals surface area (Å²) in [6.45, 7) is 2.84. The molecule has 3 unspecified atom stereocenters. The lowest BCUT2D eigenvalue weighted by Gasteiger charge is -2.30. The number of nitrogens with one attached hydrogen (secondary N) is 1. The van der Waals surface area contributed by atoms with E-state index in [1.165, 1.54) is 0 Å². The molecule has 0 spiro atoms. The maximum Gasteiger partial charge on any atom is 0.203 e. The summed E-state index contributed by atoms with van der Waals surface area (Å²) in [7, 11) is 0. The zero-order valence-corrected chi connectivity index (χ0v) is 21.5. The van der Waals surface area contributed by atoms with E-state index < -0.39 is 18.5 Å². The number of rotatable bonds is 12. The van der Waals surface area contributed by atoms with Crippen molar-refractivity contribution in [1.29, 1.82) is 5.41 Å². The molecular formula is C30H34N2O6. The van der Waals surface area contributed by atoms with Crippen molar-refractivity contribution < 1.29 is 28.8 Å². The number of hydrogen-bond acceptors (Lipinski definition) is 7. The smallest absolute Gasteiger partial charge is 0.203 e. The van der Waals surface area contributed by atoms with Crippen molar-refractivity contribution in [1.82, 2.24) is 0 Å². The lowest BCUT2D eigenvalue weighted by Crippen LogP contribution is -2.39. The van der Waals surface area contributed by atoms with Crippen molar-refractivity contribution in [3.05, 3.63) is 77.9 Å². The first-order valence-corrected chi connectivity index (χ1v) is 12.8. The highest BCUT2D eigenvalue weighted by Gasteiger charge is 2.29. The number of nitrogens with two attached hydrogens (primary N) is 1. The SMILES string of the molecule is CCCc1cc(-c2ccc(C(=N)N)cc2)ccc1OCCOc1cccc(OC2CC(O)CC(C=O)O2)c1. The van der Waals surface area contributed by atoms with E-state index in [1.807, 2.05) is 48.5 Å². The van der Waals surface area contributed by atoms with Gasteiger partial charge in [-0.1, -0.05) is 49.7 Å². The zero-order chi connectivity index (χ0) is 26.9. The predicted octanol–water partition coefficient (Wildman–Crippen LogP) is 4.49. The minimum Gasteiger partial charge on any atom is -0.490 e. The third kappa shape index (κ3) is 7.34. The summed E-state index contributed by atoms with van der Waals surface area (Å²) in [4.78, 5) is 11.0. The van der Waals surface area contributed by atoms with Crippen LogP contribution in [0.3, 0.4) is 0 Å². The van der Waals surface area contributed by atoms with Crippen molar-refractivity contribution in [2.45, 2.75) is 51.1 Å². The first-order chi connectivity index (χ1) is 18.4. The number of aryl methyl sites for hydroxylation is 1. The quantitative estimate of drug-likeness (QED) is 0.140. The number of carbonyl (C=O) groups excluding carboxylic acids is 1. The summed E-state index contributed by atoms with van der Waals surface area (Å²) in [5.41, 5.74) is 9.53. The molecule has 200 valence electrons. The average Bonchev–Trinajstić information content (AvgIpc) is 2.92. The van der Waals surface area contributed by atoms with Crippen LogP contribution in [0.2, 0.25) is 0 Å². The number of benzene rings is 3. The molecule has 8 nitrogen and oxygen atoms in total. The Labute approximate surface area is 222 Å². The van der Waals surface area contributed by atoms with Crippen LogP contribution in [0.25, 0.3) is 11.1 Å². The molecule has 0 aromatic heterocycles. The average molecular weight is 519 g/mol. The van der Waals surface area contributed by atoms with Gasteiger partial charge in [-0.2, -0.15) is 0 Å². The van der Waals surface area contributed by atoms with Gasteiger partial charge in [0.05, 0.1) is 6.10 Å². The van der Waals surface area contributed by atoms with Crippen LogP contribution < -0.4 is 19.9 Å². The molecule has 3 atom stereocenters. The Morgan fingerprint density at radius 2 is 1.76 bits per heavy atom. The molecule has 0 radical (unpaired) electrons. The van der Waals surface area contributed by atoms with Crippen LogP contribution in [-0.4, -0.2) is 48.9 Å². The van der Waals surface area contributed by atoms with Gasteiger partial charge in [0.2, 0.25) is 6.29 Å². The van der Waals surface area contributed by atoms with Crippen LogP contribution in [0.15, 0.2) is 66.7 Å². The summed E-state index contributed by atoms with van der Waals surface area (Å²) >= 11 is 0. The van der Waals surface area contributed by atoms with Gasteiger partial charge >= 0.3 is 0 Å². The Morgan fingerprint density at radius 3 is 2.50 bits per heavy atom. The van der Waals surface area contributed by atoms with Crippen molar-refractivity contribution >= 4 is 12.1 Å². The van der Waals surface area contributed by atoms with Crippen LogP contribution in [0.4, 0.5) is 0 Å². The van der Waals surface area contributed by atoms with Crippen LogP contribution in [-0.2, 0) is 16.0 Å². The molecule has 38 heavy (non-hydrogen) atoms. The van der Waals surface area contributed by atoms with Crippen molar-refractivity contribution in [3.63, 3.8) is 0 Å². The fourth-order valence-corrected chi connectivity index (χ4v) is 4.36. The summed E-state index contributed by atoms with van der Waals surface area (Å²) < 4.78 is 23.3. The number of carbonyl (C=O) groups is 1. The summed E-state index contributed by atoms with van der Waals surface area (Å²) in [6.07, 6.45) is 1.14. The van der Waals surface area contributed by atoms with Crippen molar-refractivity contribution in [2.75, 3.05) is 13.2 Å². The number of amidine groups is 1. The van der Waals surface area contributed by atoms with E-state index >= 15 is 0 Å². The second kappa shape index (κ2) is 13.1. The molecular weight excluding hydrogens is 484 g/mol. The third-order valence-corrected chi connectivity index (χ3v) is 6.24. The molecule has 4 rings (SSSR count). The Morgan fingerprint density at radius 1 is 1.03 bits per heavy atom. The summed E-state index contributed by atoms with van der Waals surface area (Å²) in [5.74, 6) is 2.03. The molecule has 0 bridgehead atoms. The molecule has 1 fully saturated rings. The maximum absolute atomic E-state index is 11.0. The maximum atomic E-state index is 11.0. The predicted molar refractivity (Wildman–Crippen MR) is 145 cm³/mol. The molecule has 1 saturated heterocycles. The van der Waals surface area contributed by atoms with E-state index in [-0.39, 0.29) is 12.3 Å². The highest BCUT2D eigenvalue weighted by molar-refractivity contribution is 5.95. The molecule has 1 aliphatic rings. The molecule has 1 aliphatic heterocycles. The summed E-state index contributed by atoms with van der Waals surface area (Å²) in [5, 5.41) is 17.5. The van der Waals surface area contributed by atoms with Gasteiger partial charge in [-0.15, -0.1) is 0 Å². The molecule has 0 amide bonds. The van der Waals surface area contributed by atoms with Crippen molar-refractivity contribution in [2.24, 2.45) is 5.73 Å². The molecule has 0 saturated carbocycles. The second-order valence-electron chi connectivity index (χ2n) is 9.22. The van der Waals surface area contributed by atoms with Crippen molar-refractivity contribution in [3.8, 4) is 28.4 Å². The van der Waals surface area contributed by atoms with E-state index in [1.54, 1.807) is 12.1 Å². The number of aldehydes is 1. The number of hydrogen-bond donors (Lipinski definition) is 3. The lowest BCUT2D eigenvalue weighted by molar-refractivity contribution is -0.176. The fourth-order valence-electron chi connectivity index (χ4n) is 4.36. The minimum absolute atomic E-state index is 0.0549. The Bertz CT molecular complexity index is 1230. The van der Waals surface area contributed by atoms with E-state index in [0.29, 0.717) is 43.0 Å². The van der Waals surface area contributed by atoms with E-state index in [9.17, 15) is 9.90 Å². The van der Waals surface area contributed by atoms with Gasteiger partial charge in [0.1, 0.15) is 48.7 Å². The largest absolute Gasteiger partial charge is 0.490 e. The van der Waals surface area contributed by atoms with Crippen LogP contribution in [0, 0.1) is 5.41 Å². The number of aliphatic hydroxyl groups is 1. The van der Waals surface area contributed by atoms with Crippen LogP contribution in [0.1, 0.15) is 37.3 Å². The summed E-state index contributed by atoms with van der Waals surface area (Å²) in [6, 6.07) is 21.0. The van der Waals surface area contributed by atoms with Gasteiger partial charge in [-0.3, -0.25) is 5.41 Å². The topological polar surface area (TPSA) is 124 Å². The first kappa shape index (κ1) is 27.2. The Kier molecular flexibility index (Phi) is 9.35. The van der Waals surface area contributed by atoms with Gasteiger partial charge in [-0.05, 0) is 47.4 Å². The highest BCUT2D eigenvalue weighted by atomic mass is 16.7. The molecule has 0 aliphatic carbocycles. The van der Waals surface area contributed by atoms with Gasteiger partial charge in [0.25, 0.3) is 0 Å². The third-order valence-electron chi connectivity index (χ3n) is 6.24. The van der Waals surface area contributed by atoms with E-state index in [2.05, 4.69) is 13.0 Å². The monoisotopic (exact) mass is 518 g/mol. The highest BCUT2D eigenvalue weighted by Crippen LogP contribution is 2.29. The number of nitrogen functional groups attached to an aromatic ring is 1. The van der Waals surface area contributed by atoms with Crippen LogP contribution in [0.5, 0.6) is 17.2 Å². The Hall–Kier alpha value is -3.88. The second-order valence-corrected chi connectivity index (χ2v) is 9.22. The van der Waals surface area contributed by atoms with E-state index in [0.717, 1.165) is 35.3 Å². The zero-order valence-electron chi connectivity index (χ0n) is 21.5. The van der Waals surface area contributed by atoms with Gasteiger partial charge < -0.3 is 34.6 Å². The minimum atomic E-state index is -0.695. The molecule has 1 heterocycles.